The Balaban J connectivity index is 1.79. The first-order valence-electron chi connectivity index (χ1n) is 7.04. The van der Waals surface area contributed by atoms with Gasteiger partial charge in [-0.15, -0.1) is 0 Å². The highest BCUT2D eigenvalue weighted by Gasteiger charge is 2.59. The van der Waals surface area contributed by atoms with Gasteiger partial charge in [-0.2, -0.15) is 0 Å². The highest BCUT2D eigenvalue weighted by atomic mass is 79.9. The van der Waals surface area contributed by atoms with Crippen LogP contribution in [0, 0.1) is 5.92 Å². The van der Waals surface area contributed by atoms with Crippen molar-refractivity contribution in [3.05, 3.63) is 28.5 Å². The number of ether oxygens (including phenoxy) is 1. The van der Waals surface area contributed by atoms with E-state index in [1.165, 1.54) is 0 Å². The molecule has 4 aliphatic heterocycles. The number of halogens is 1. The van der Waals surface area contributed by atoms with Gasteiger partial charge in [0.25, 0.3) is 6.02 Å². The van der Waals surface area contributed by atoms with E-state index in [1.54, 1.807) is 0 Å². The van der Waals surface area contributed by atoms with Crippen molar-refractivity contribution >= 4 is 22.0 Å². The molecule has 3 saturated heterocycles. The van der Waals surface area contributed by atoms with Gasteiger partial charge >= 0.3 is 0 Å². The van der Waals surface area contributed by atoms with Gasteiger partial charge in [-0.25, -0.2) is 9.98 Å². The van der Waals surface area contributed by atoms with Crippen LogP contribution in [0.4, 0.5) is 0 Å². The summed E-state index contributed by atoms with van der Waals surface area (Å²) in [5.41, 5.74) is 6.56. The van der Waals surface area contributed by atoms with Crippen molar-refractivity contribution in [1.29, 1.82) is 0 Å². The van der Waals surface area contributed by atoms with Gasteiger partial charge in [0, 0.05) is 5.92 Å². The summed E-state index contributed by atoms with van der Waals surface area (Å²) < 4.78 is 6.92. The molecule has 1 aromatic rings. The SMILES string of the molecule is NC1=NCC2(O1)C1CCN(CC1)C2c1cccc(Br)n1. The molecule has 2 atom stereocenters. The number of nitrogens with two attached hydrogens (primary N) is 1. The molecule has 5 nitrogen and oxygen atoms in total. The Morgan fingerprint density at radius 2 is 2.15 bits per heavy atom. The Morgan fingerprint density at radius 3 is 2.80 bits per heavy atom. The molecule has 4 aliphatic rings. The van der Waals surface area contributed by atoms with E-state index < -0.39 is 0 Å². The fourth-order valence-electron chi connectivity index (χ4n) is 4.01. The van der Waals surface area contributed by atoms with Crippen LogP contribution in [0.3, 0.4) is 0 Å². The maximum Gasteiger partial charge on any atom is 0.282 e. The molecule has 0 amide bonds. The number of rotatable bonds is 1. The lowest BCUT2D eigenvalue weighted by Gasteiger charge is -2.55. The molecule has 106 valence electrons. The predicted molar refractivity (Wildman–Crippen MR) is 79.3 cm³/mol. The van der Waals surface area contributed by atoms with E-state index in [2.05, 4.69) is 36.9 Å². The number of hydrogen-bond acceptors (Lipinski definition) is 5. The van der Waals surface area contributed by atoms with Gasteiger partial charge in [0.1, 0.15) is 4.60 Å². The maximum absolute atomic E-state index is 6.06. The monoisotopic (exact) mass is 336 g/mol. The quantitative estimate of drug-likeness (QED) is 0.793. The second-order valence-electron chi connectivity index (χ2n) is 5.81. The molecule has 0 aliphatic carbocycles. The van der Waals surface area contributed by atoms with Crippen LogP contribution in [0.15, 0.2) is 27.8 Å². The minimum Gasteiger partial charge on any atom is -0.454 e. The number of nitrogens with zero attached hydrogens (tertiary/aromatic N) is 3. The number of amidine groups is 1. The molecule has 5 rings (SSSR count). The molecular weight excluding hydrogens is 320 g/mol. The Hall–Kier alpha value is -1.14. The third-order valence-electron chi connectivity index (χ3n) is 4.84. The first kappa shape index (κ1) is 12.6. The Kier molecular flexibility index (Phi) is 2.79. The lowest BCUT2D eigenvalue weighted by molar-refractivity contribution is -0.134. The summed E-state index contributed by atoms with van der Waals surface area (Å²) in [5, 5.41) is 0. The molecule has 6 heteroatoms. The molecule has 0 radical (unpaired) electrons. The van der Waals surface area contributed by atoms with E-state index in [-0.39, 0.29) is 11.6 Å². The van der Waals surface area contributed by atoms with Crippen molar-refractivity contribution in [2.24, 2.45) is 16.6 Å². The molecule has 0 saturated carbocycles. The Morgan fingerprint density at radius 1 is 1.35 bits per heavy atom. The van der Waals surface area contributed by atoms with Crippen LogP contribution < -0.4 is 5.73 Å². The van der Waals surface area contributed by atoms with E-state index in [4.69, 9.17) is 10.5 Å². The third-order valence-corrected chi connectivity index (χ3v) is 5.28. The minimum atomic E-state index is -0.311. The largest absolute Gasteiger partial charge is 0.454 e. The fourth-order valence-corrected chi connectivity index (χ4v) is 4.37. The van der Waals surface area contributed by atoms with E-state index in [9.17, 15) is 0 Å². The minimum absolute atomic E-state index is 0.150. The van der Waals surface area contributed by atoms with Crippen LogP contribution in [-0.2, 0) is 4.74 Å². The van der Waals surface area contributed by atoms with Crippen LogP contribution in [0.5, 0.6) is 0 Å². The highest BCUT2D eigenvalue weighted by Crippen LogP contribution is 2.51. The van der Waals surface area contributed by atoms with Crippen LogP contribution in [0.1, 0.15) is 24.6 Å². The van der Waals surface area contributed by atoms with Crippen molar-refractivity contribution in [1.82, 2.24) is 9.88 Å². The first-order valence-corrected chi connectivity index (χ1v) is 7.84. The molecule has 2 bridgehead atoms. The van der Waals surface area contributed by atoms with Gasteiger partial charge in [0.15, 0.2) is 5.60 Å². The molecule has 1 aromatic heterocycles. The molecule has 2 unspecified atom stereocenters. The third kappa shape index (κ3) is 1.71. The second kappa shape index (κ2) is 4.43. The zero-order valence-corrected chi connectivity index (χ0v) is 12.7. The van der Waals surface area contributed by atoms with Crippen molar-refractivity contribution in [2.45, 2.75) is 24.5 Å². The average Bonchev–Trinajstić information content (AvgIpc) is 2.82. The van der Waals surface area contributed by atoms with E-state index >= 15 is 0 Å². The smallest absolute Gasteiger partial charge is 0.282 e. The Labute approximate surface area is 126 Å². The van der Waals surface area contributed by atoms with Gasteiger partial charge in [0.2, 0.25) is 0 Å². The van der Waals surface area contributed by atoms with E-state index in [0.717, 1.165) is 36.2 Å². The standard InChI is InChI=1S/C14H17BrN4O/c15-11-3-1-2-10(18-11)12-14(8-17-13(16)20-14)9-4-6-19(12)7-5-9/h1-3,9,12H,4-8H2,(H2,16,17). The summed E-state index contributed by atoms with van der Waals surface area (Å²) in [6, 6.07) is 6.54. The summed E-state index contributed by atoms with van der Waals surface area (Å²) in [6.45, 7) is 2.86. The van der Waals surface area contributed by atoms with Crippen LogP contribution in [-0.4, -0.2) is 41.1 Å². The van der Waals surface area contributed by atoms with Crippen molar-refractivity contribution in [3.63, 3.8) is 0 Å². The zero-order chi connectivity index (χ0) is 13.7. The molecule has 2 N–H and O–H groups in total. The summed E-state index contributed by atoms with van der Waals surface area (Å²) in [6.07, 6.45) is 2.32. The van der Waals surface area contributed by atoms with Gasteiger partial charge < -0.3 is 10.5 Å². The van der Waals surface area contributed by atoms with Crippen LogP contribution in [0.2, 0.25) is 0 Å². The Bertz CT molecular complexity index is 570. The van der Waals surface area contributed by atoms with Crippen molar-refractivity contribution in [2.75, 3.05) is 19.6 Å². The number of piperidine rings is 3. The topological polar surface area (TPSA) is 63.7 Å². The van der Waals surface area contributed by atoms with Gasteiger partial charge in [-0.05, 0) is 54.0 Å². The number of fused-ring (bicyclic) bond motifs is 2. The van der Waals surface area contributed by atoms with Gasteiger partial charge in [0.05, 0.1) is 18.3 Å². The lowest BCUT2D eigenvalue weighted by Crippen LogP contribution is -2.63. The predicted octanol–water partition coefficient (Wildman–Crippen LogP) is 1.69. The van der Waals surface area contributed by atoms with E-state index in [1.807, 2.05) is 12.1 Å². The summed E-state index contributed by atoms with van der Waals surface area (Å²) in [4.78, 5) is 11.5. The van der Waals surface area contributed by atoms with Crippen LogP contribution >= 0.6 is 15.9 Å². The van der Waals surface area contributed by atoms with E-state index in [0.29, 0.717) is 18.5 Å². The molecule has 20 heavy (non-hydrogen) atoms. The molecule has 1 spiro atoms. The van der Waals surface area contributed by atoms with Gasteiger partial charge in [-0.3, -0.25) is 4.90 Å². The number of aliphatic imine (C=N–C) groups is 1. The summed E-state index contributed by atoms with van der Waals surface area (Å²) in [7, 11) is 0. The normalized spacial score (nSPS) is 38.9. The lowest BCUT2D eigenvalue weighted by atomic mass is 9.69. The number of hydrogen-bond donors (Lipinski definition) is 1. The fraction of sp³-hybridized carbons (Fsp3) is 0.571. The summed E-state index contributed by atoms with van der Waals surface area (Å²) in [5.74, 6) is 0.517. The molecule has 0 aromatic carbocycles. The highest BCUT2D eigenvalue weighted by molar-refractivity contribution is 9.10. The molecule has 5 heterocycles. The molecular formula is C14H17BrN4O. The van der Waals surface area contributed by atoms with Crippen molar-refractivity contribution < 1.29 is 4.74 Å². The number of pyridine rings is 1. The zero-order valence-electron chi connectivity index (χ0n) is 11.1. The second-order valence-corrected chi connectivity index (χ2v) is 6.62. The van der Waals surface area contributed by atoms with Gasteiger partial charge in [-0.1, -0.05) is 6.07 Å². The maximum atomic E-state index is 6.06. The number of aromatic nitrogens is 1. The molecule has 3 fully saturated rings. The van der Waals surface area contributed by atoms with Crippen LogP contribution in [0.25, 0.3) is 0 Å². The summed E-state index contributed by atoms with van der Waals surface area (Å²) >= 11 is 3.47. The first-order chi connectivity index (χ1) is 9.69. The van der Waals surface area contributed by atoms with Crippen molar-refractivity contribution in [3.8, 4) is 0 Å². The average molecular weight is 337 g/mol.